The van der Waals surface area contributed by atoms with Gasteiger partial charge in [0.05, 0.1) is 0 Å². The maximum Gasteiger partial charge on any atom is 0.273 e. The van der Waals surface area contributed by atoms with Crippen LogP contribution in [0.15, 0.2) is 22.5 Å². The second-order valence-electron chi connectivity index (χ2n) is 3.11. The van der Waals surface area contributed by atoms with E-state index in [9.17, 15) is 8.42 Å². The number of hydrogen-bond acceptors (Lipinski definition) is 6. The molecule has 0 unspecified atom stereocenters. The number of nitriles is 1. The molecule has 0 aliphatic heterocycles. The van der Waals surface area contributed by atoms with Gasteiger partial charge in [0.1, 0.15) is 15.2 Å². The largest absolute Gasteiger partial charge is 0.273 e. The summed E-state index contributed by atoms with van der Waals surface area (Å²) in [5, 5.41) is 8.97. The molecule has 0 bridgehead atoms. The Morgan fingerprint density at radius 2 is 2.18 bits per heavy atom. The average Bonchev–Trinajstić information content (AvgIpc) is 2.86. The maximum absolute atomic E-state index is 11.9. The van der Waals surface area contributed by atoms with Crippen LogP contribution in [-0.4, -0.2) is 13.4 Å². The van der Waals surface area contributed by atoms with Crippen molar-refractivity contribution in [1.82, 2.24) is 4.98 Å². The van der Waals surface area contributed by atoms with Crippen LogP contribution in [0.2, 0.25) is 0 Å². The maximum atomic E-state index is 11.9. The lowest BCUT2D eigenvalue weighted by molar-refractivity contribution is 0.603. The molecule has 0 aliphatic rings. The van der Waals surface area contributed by atoms with E-state index in [-0.39, 0.29) is 4.21 Å². The zero-order valence-electron chi connectivity index (χ0n) is 8.67. The topological polar surface area (TPSA) is 82.8 Å². The first-order valence-corrected chi connectivity index (χ1v) is 7.58. The van der Waals surface area contributed by atoms with E-state index in [1.54, 1.807) is 6.20 Å². The van der Waals surface area contributed by atoms with E-state index in [2.05, 4.69) is 9.71 Å². The second-order valence-corrected chi connectivity index (χ2v) is 7.34. The molecule has 88 valence electrons. The summed E-state index contributed by atoms with van der Waals surface area (Å²) in [6.07, 6.45) is 1.59. The minimum absolute atomic E-state index is 0.113. The molecule has 2 heterocycles. The smallest absolute Gasteiger partial charge is 0.254 e. The monoisotopic (exact) mass is 285 g/mol. The van der Waals surface area contributed by atoms with Gasteiger partial charge in [-0.3, -0.25) is 4.72 Å². The van der Waals surface area contributed by atoms with Crippen molar-refractivity contribution in [2.45, 2.75) is 11.1 Å². The minimum atomic E-state index is -3.62. The van der Waals surface area contributed by atoms with Crippen molar-refractivity contribution in [3.8, 4) is 6.07 Å². The van der Waals surface area contributed by atoms with Gasteiger partial charge in [-0.05, 0) is 19.1 Å². The van der Waals surface area contributed by atoms with Crippen LogP contribution in [-0.2, 0) is 10.0 Å². The lowest BCUT2D eigenvalue weighted by Crippen LogP contribution is -2.10. The predicted octanol–water partition coefficient (Wildman–Crippen LogP) is 2.19. The van der Waals surface area contributed by atoms with E-state index in [4.69, 9.17) is 5.26 Å². The highest BCUT2D eigenvalue weighted by molar-refractivity contribution is 7.94. The van der Waals surface area contributed by atoms with Crippen LogP contribution in [0, 0.1) is 18.3 Å². The van der Waals surface area contributed by atoms with Crippen LogP contribution in [0.1, 0.15) is 9.75 Å². The van der Waals surface area contributed by atoms with Gasteiger partial charge in [-0.2, -0.15) is 5.26 Å². The van der Waals surface area contributed by atoms with Gasteiger partial charge in [-0.25, -0.2) is 13.4 Å². The van der Waals surface area contributed by atoms with Crippen LogP contribution in [0.4, 0.5) is 5.13 Å². The molecule has 17 heavy (non-hydrogen) atoms. The molecule has 0 aliphatic carbocycles. The summed E-state index contributed by atoms with van der Waals surface area (Å²) in [4.78, 5) is 5.21. The van der Waals surface area contributed by atoms with Crippen LogP contribution in [0.25, 0.3) is 0 Å². The molecule has 0 spiro atoms. The van der Waals surface area contributed by atoms with Crippen molar-refractivity contribution >= 4 is 37.8 Å². The number of thiazole rings is 1. The molecule has 2 aromatic heterocycles. The standard InChI is InChI=1S/C9H7N3O2S3/c1-6-5-11-9(15-6)12-17(13,14)8-3-2-7(4-10)16-8/h2-3,5H,1H3,(H,11,12). The van der Waals surface area contributed by atoms with E-state index < -0.39 is 10.0 Å². The Labute approximate surface area is 106 Å². The normalized spacial score (nSPS) is 11.1. The van der Waals surface area contributed by atoms with Crippen molar-refractivity contribution in [3.63, 3.8) is 0 Å². The first-order valence-electron chi connectivity index (χ1n) is 4.46. The van der Waals surface area contributed by atoms with Gasteiger partial charge in [0.15, 0.2) is 5.13 Å². The molecule has 0 amide bonds. The van der Waals surface area contributed by atoms with Gasteiger partial charge < -0.3 is 0 Å². The van der Waals surface area contributed by atoms with Gasteiger partial charge >= 0.3 is 0 Å². The Morgan fingerprint density at radius 1 is 1.41 bits per heavy atom. The number of nitrogens with one attached hydrogen (secondary N) is 1. The number of hydrogen-bond donors (Lipinski definition) is 1. The number of aromatic nitrogens is 1. The van der Waals surface area contributed by atoms with Crippen molar-refractivity contribution in [1.29, 1.82) is 5.26 Å². The molecule has 0 aromatic carbocycles. The van der Waals surface area contributed by atoms with Crippen molar-refractivity contribution in [3.05, 3.63) is 28.1 Å². The third kappa shape index (κ3) is 2.63. The van der Waals surface area contributed by atoms with E-state index in [0.717, 1.165) is 16.2 Å². The number of aryl methyl sites for hydroxylation is 1. The van der Waals surface area contributed by atoms with E-state index in [0.29, 0.717) is 10.0 Å². The third-order valence-electron chi connectivity index (χ3n) is 1.80. The fraction of sp³-hybridized carbons (Fsp3) is 0.111. The zero-order chi connectivity index (χ0) is 12.5. The Hall–Kier alpha value is -1.43. The predicted molar refractivity (Wildman–Crippen MR) is 66.7 cm³/mol. The van der Waals surface area contributed by atoms with Crippen LogP contribution >= 0.6 is 22.7 Å². The molecule has 8 heteroatoms. The molecule has 0 fully saturated rings. The first-order chi connectivity index (χ1) is 8.01. The zero-order valence-corrected chi connectivity index (χ0v) is 11.1. The van der Waals surface area contributed by atoms with Gasteiger partial charge in [0, 0.05) is 11.1 Å². The average molecular weight is 285 g/mol. The van der Waals surface area contributed by atoms with Gasteiger partial charge in [0.2, 0.25) is 0 Å². The van der Waals surface area contributed by atoms with E-state index >= 15 is 0 Å². The molecule has 1 N–H and O–H groups in total. The summed E-state index contributed by atoms with van der Waals surface area (Å²) in [5.74, 6) is 0. The highest BCUT2D eigenvalue weighted by Crippen LogP contribution is 2.25. The highest BCUT2D eigenvalue weighted by atomic mass is 32.2. The number of sulfonamides is 1. The molecule has 5 nitrogen and oxygen atoms in total. The van der Waals surface area contributed by atoms with Crippen LogP contribution < -0.4 is 4.72 Å². The lowest BCUT2D eigenvalue weighted by Gasteiger charge is -2.00. The molecular weight excluding hydrogens is 278 g/mol. The second kappa shape index (κ2) is 4.44. The Morgan fingerprint density at radius 3 is 2.71 bits per heavy atom. The third-order valence-corrected chi connectivity index (χ3v) is 5.58. The highest BCUT2D eigenvalue weighted by Gasteiger charge is 2.18. The number of nitrogens with zero attached hydrogens (tertiary/aromatic N) is 2. The quantitative estimate of drug-likeness (QED) is 0.937. The van der Waals surface area contributed by atoms with Crippen molar-refractivity contribution in [2.24, 2.45) is 0 Å². The van der Waals surface area contributed by atoms with Crippen molar-refractivity contribution < 1.29 is 8.42 Å². The van der Waals surface area contributed by atoms with Gasteiger partial charge in [-0.15, -0.1) is 22.7 Å². The molecule has 0 radical (unpaired) electrons. The summed E-state index contributed by atoms with van der Waals surface area (Å²) >= 11 is 2.19. The molecule has 2 aromatic rings. The number of rotatable bonds is 3. The Balaban J connectivity index is 2.28. The van der Waals surface area contributed by atoms with Crippen LogP contribution in [0.3, 0.4) is 0 Å². The molecule has 0 atom stereocenters. The summed E-state index contributed by atoms with van der Waals surface area (Å²) in [6.45, 7) is 1.84. The van der Waals surface area contributed by atoms with E-state index in [1.807, 2.05) is 13.0 Å². The lowest BCUT2D eigenvalue weighted by atomic mass is 10.5. The van der Waals surface area contributed by atoms with E-state index in [1.165, 1.54) is 23.5 Å². The van der Waals surface area contributed by atoms with Gasteiger partial charge in [-0.1, -0.05) is 0 Å². The fourth-order valence-corrected chi connectivity index (χ4v) is 4.10. The number of thiophene rings is 1. The number of anilines is 1. The first kappa shape index (κ1) is 12.0. The summed E-state index contributed by atoms with van der Waals surface area (Å²) < 4.78 is 26.3. The SMILES string of the molecule is Cc1cnc(NS(=O)(=O)c2ccc(C#N)s2)s1. The minimum Gasteiger partial charge on any atom is -0.254 e. The molecule has 0 saturated carbocycles. The molecular formula is C9H7N3O2S3. The van der Waals surface area contributed by atoms with Gasteiger partial charge in [0.25, 0.3) is 10.0 Å². The molecule has 2 rings (SSSR count). The Bertz CT molecular complexity index is 678. The van der Waals surface area contributed by atoms with Crippen molar-refractivity contribution in [2.75, 3.05) is 4.72 Å². The molecule has 0 saturated heterocycles. The summed E-state index contributed by atoms with van der Waals surface area (Å²) in [7, 11) is -3.62. The summed E-state index contributed by atoms with van der Waals surface area (Å²) in [6, 6.07) is 4.79. The Kier molecular flexibility index (Phi) is 3.15. The fourth-order valence-electron chi connectivity index (χ4n) is 1.09. The summed E-state index contributed by atoms with van der Waals surface area (Å²) in [5.41, 5.74) is 0. The van der Waals surface area contributed by atoms with Crippen LogP contribution in [0.5, 0.6) is 0 Å².